The number of aromatic nitrogens is 2. The summed E-state index contributed by atoms with van der Waals surface area (Å²) in [6.07, 6.45) is 1.42. The summed E-state index contributed by atoms with van der Waals surface area (Å²) in [5.41, 5.74) is 4.24. The van der Waals surface area contributed by atoms with E-state index in [1.54, 1.807) is 30.3 Å². The molecule has 4 aromatic rings. The van der Waals surface area contributed by atoms with Crippen LogP contribution in [0.1, 0.15) is 5.76 Å². The molecule has 0 aliphatic carbocycles. The van der Waals surface area contributed by atoms with Gasteiger partial charge in [0.15, 0.2) is 16.9 Å². The second kappa shape index (κ2) is 8.85. The summed E-state index contributed by atoms with van der Waals surface area (Å²) in [5.74, 6) is 0.610. The number of imidazole rings is 1. The average molecular weight is 427 g/mol. The highest BCUT2D eigenvalue weighted by molar-refractivity contribution is 7.99. The summed E-state index contributed by atoms with van der Waals surface area (Å²) in [6.45, 7) is -0.178. The molecule has 2 N–H and O–H groups in total. The fourth-order valence-electron chi connectivity index (χ4n) is 2.44. The van der Waals surface area contributed by atoms with Crippen molar-refractivity contribution in [3.63, 3.8) is 0 Å². The first-order chi connectivity index (χ1) is 14.2. The lowest BCUT2D eigenvalue weighted by Crippen LogP contribution is -2.24. The minimum Gasteiger partial charge on any atom is -0.484 e. The molecule has 0 aliphatic heterocycles. The van der Waals surface area contributed by atoms with E-state index < -0.39 is 5.91 Å². The van der Waals surface area contributed by atoms with Crippen molar-refractivity contribution in [2.24, 2.45) is 5.10 Å². The Hall–Kier alpha value is -3.23. The number of ether oxygens (including phenoxy) is 1. The van der Waals surface area contributed by atoms with E-state index in [2.05, 4.69) is 20.5 Å². The fourth-order valence-corrected chi connectivity index (χ4v) is 3.39. The van der Waals surface area contributed by atoms with Gasteiger partial charge >= 0.3 is 0 Å². The highest BCUT2D eigenvalue weighted by Crippen LogP contribution is 2.28. The molecule has 2 aromatic carbocycles. The lowest BCUT2D eigenvalue weighted by atomic mass is 10.3. The Morgan fingerprint density at radius 3 is 3.00 bits per heavy atom. The first-order valence-electron chi connectivity index (χ1n) is 8.58. The predicted molar refractivity (Wildman–Crippen MR) is 112 cm³/mol. The molecule has 0 spiro atoms. The zero-order chi connectivity index (χ0) is 20.1. The van der Waals surface area contributed by atoms with Crippen molar-refractivity contribution >= 4 is 46.5 Å². The third kappa shape index (κ3) is 5.18. The number of H-pyrrole nitrogens is 1. The van der Waals surface area contributed by atoms with Gasteiger partial charge in [-0.25, -0.2) is 10.4 Å². The van der Waals surface area contributed by atoms with Crippen molar-refractivity contribution in [2.75, 3.05) is 6.61 Å². The largest absolute Gasteiger partial charge is 0.484 e. The third-order valence-corrected chi connectivity index (χ3v) is 4.76. The number of furan rings is 1. The van der Waals surface area contributed by atoms with Gasteiger partial charge < -0.3 is 14.1 Å². The Labute approximate surface area is 175 Å². The van der Waals surface area contributed by atoms with Crippen LogP contribution in [-0.2, 0) is 4.79 Å². The van der Waals surface area contributed by atoms with Gasteiger partial charge in [-0.15, -0.1) is 0 Å². The second-order valence-electron chi connectivity index (χ2n) is 5.86. The van der Waals surface area contributed by atoms with E-state index in [0.717, 1.165) is 16.2 Å². The molecule has 7 nitrogen and oxygen atoms in total. The molecular formula is C20H15ClN4O3S. The predicted octanol–water partition coefficient (Wildman–Crippen LogP) is 4.49. The van der Waals surface area contributed by atoms with Crippen LogP contribution >= 0.6 is 23.4 Å². The molecule has 1 amide bonds. The van der Waals surface area contributed by atoms with Crippen molar-refractivity contribution in [2.45, 2.75) is 10.2 Å². The molecule has 29 heavy (non-hydrogen) atoms. The standard InChI is InChI=1S/C20H15ClN4O3S/c21-13-4-3-5-14(10-13)27-12-18(26)25-22-11-15-8-9-19(28-15)29-20-23-16-6-1-2-7-17(16)24-20/h1-11H,12H2,(H,23,24)(H,25,26)/b22-11+. The van der Waals surface area contributed by atoms with Crippen LogP contribution < -0.4 is 10.2 Å². The molecule has 0 fully saturated rings. The minimum atomic E-state index is -0.398. The van der Waals surface area contributed by atoms with E-state index in [-0.39, 0.29) is 6.61 Å². The second-order valence-corrected chi connectivity index (χ2v) is 7.29. The van der Waals surface area contributed by atoms with Crippen molar-refractivity contribution < 1.29 is 13.9 Å². The Morgan fingerprint density at radius 1 is 1.24 bits per heavy atom. The highest BCUT2D eigenvalue weighted by Gasteiger charge is 2.08. The van der Waals surface area contributed by atoms with Gasteiger partial charge in [-0.3, -0.25) is 4.79 Å². The van der Waals surface area contributed by atoms with Crippen LogP contribution in [0.25, 0.3) is 11.0 Å². The Kier molecular flexibility index (Phi) is 5.83. The zero-order valence-corrected chi connectivity index (χ0v) is 16.5. The number of aromatic amines is 1. The molecule has 0 aliphatic rings. The van der Waals surface area contributed by atoms with Crippen molar-refractivity contribution in [3.8, 4) is 5.75 Å². The number of benzene rings is 2. The van der Waals surface area contributed by atoms with Crippen LogP contribution in [-0.4, -0.2) is 28.7 Å². The molecule has 0 radical (unpaired) electrons. The van der Waals surface area contributed by atoms with Gasteiger partial charge in [0.1, 0.15) is 11.5 Å². The van der Waals surface area contributed by atoms with Gasteiger partial charge in [-0.2, -0.15) is 5.10 Å². The first-order valence-corrected chi connectivity index (χ1v) is 9.78. The number of hydrogen-bond donors (Lipinski definition) is 2. The number of fused-ring (bicyclic) bond motifs is 1. The van der Waals surface area contributed by atoms with E-state index >= 15 is 0 Å². The summed E-state index contributed by atoms with van der Waals surface area (Å²) < 4.78 is 11.0. The number of hydrogen-bond acceptors (Lipinski definition) is 6. The van der Waals surface area contributed by atoms with Crippen LogP contribution in [0.5, 0.6) is 5.75 Å². The van der Waals surface area contributed by atoms with Crippen LogP contribution in [0.2, 0.25) is 5.02 Å². The highest BCUT2D eigenvalue weighted by atomic mass is 35.5. The van der Waals surface area contributed by atoms with E-state index in [4.69, 9.17) is 20.8 Å². The number of para-hydroxylation sites is 2. The Morgan fingerprint density at radius 2 is 2.14 bits per heavy atom. The SMILES string of the molecule is O=C(COc1cccc(Cl)c1)N/N=C/c1ccc(Sc2nc3ccccc3[nH]2)o1. The summed E-state index contributed by atoms with van der Waals surface area (Å²) in [6, 6.07) is 18.2. The number of hydrazone groups is 1. The van der Waals surface area contributed by atoms with Crippen molar-refractivity contribution in [1.82, 2.24) is 15.4 Å². The van der Waals surface area contributed by atoms with Crippen LogP contribution in [0.4, 0.5) is 0 Å². The maximum Gasteiger partial charge on any atom is 0.277 e. The number of carbonyl (C=O) groups excluding carboxylic acids is 1. The number of nitrogens with zero attached hydrogens (tertiary/aromatic N) is 2. The molecule has 4 rings (SSSR count). The zero-order valence-electron chi connectivity index (χ0n) is 15.0. The lowest BCUT2D eigenvalue weighted by Gasteiger charge is -2.04. The molecule has 0 unspecified atom stereocenters. The number of nitrogens with one attached hydrogen (secondary N) is 2. The van der Waals surface area contributed by atoms with E-state index in [1.165, 1.54) is 18.0 Å². The molecule has 0 bridgehead atoms. The number of carbonyl (C=O) groups is 1. The van der Waals surface area contributed by atoms with E-state index in [0.29, 0.717) is 21.6 Å². The average Bonchev–Trinajstić information content (AvgIpc) is 3.33. The third-order valence-electron chi connectivity index (χ3n) is 3.71. The normalized spacial score (nSPS) is 11.2. The summed E-state index contributed by atoms with van der Waals surface area (Å²) in [4.78, 5) is 19.5. The monoisotopic (exact) mass is 426 g/mol. The molecule has 0 saturated carbocycles. The van der Waals surface area contributed by atoms with Crippen LogP contribution in [0.15, 0.2) is 80.4 Å². The Balaban J connectivity index is 1.28. The fraction of sp³-hybridized carbons (Fsp3) is 0.0500. The Bertz CT molecular complexity index is 1140. The molecule has 0 saturated heterocycles. The van der Waals surface area contributed by atoms with Crippen molar-refractivity contribution in [3.05, 3.63) is 71.4 Å². The van der Waals surface area contributed by atoms with Gasteiger partial charge in [0, 0.05) is 5.02 Å². The molecule has 9 heteroatoms. The smallest absolute Gasteiger partial charge is 0.277 e. The van der Waals surface area contributed by atoms with Gasteiger partial charge in [0.2, 0.25) is 0 Å². The maximum atomic E-state index is 11.8. The summed E-state index contributed by atoms with van der Waals surface area (Å²) >= 11 is 7.23. The van der Waals surface area contributed by atoms with E-state index in [9.17, 15) is 4.79 Å². The molecule has 2 heterocycles. The quantitative estimate of drug-likeness (QED) is 0.335. The number of amides is 1. The lowest BCUT2D eigenvalue weighted by molar-refractivity contribution is -0.123. The first kappa shape index (κ1) is 19.1. The van der Waals surface area contributed by atoms with E-state index in [1.807, 2.05) is 30.3 Å². The van der Waals surface area contributed by atoms with Crippen molar-refractivity contribution in [1.29, 1.82) is 0 Å². The van der Waals surface area contributed by atoms with Gasteiger partial charge in [-0.05, 0) is 54.2 Å². The number of rotatable bonds is 7. The number of halogens is 1. The van der Waals surface area contributed by atoms with Gasteiger partial charge in [0.05, 0.1) is 17.2 Å². The summed E-state index contributed by atoms with van der Waals surface area (Å²) in [7, 11) is 0. The molecule has 146 valence electrons. The molecular weight excluding hydrogens is 412 g/mol. The van der Waals surface area contributed by atoms with Crippen LogP contribution in [0.3, 0.4) is 0 Å². The van der Waals surface area contributed by atoms with Gasteiger partial charge in [-0.1, -0.05) is 29.8 Å². The summed E-state index contributed by atoms with van der Waals surface area (Å²) in [5, 5.41) is 5.79. The maximum absolute atomic E-state index is 11.8. The molecule has 0 atom stereocenters. The topological polar surface area (TPSA) is 92.5 Å². The molecule has 2 aromatic heterocycles. The van der Waals surface area contributed by atoms with Crippen LogP contribution in [0, 0.1) is 0 Å². The van der Waals surface area contributed by atoms with Gasteiger partial charge in [0.25, 0.3) is 5.91 Å². The minimum absolute atomic E-state index is 0.178.